The van der Waals surface area contributed by atoms with Gasteiger partial charge < -0.3 is 16.6 Å². The van der Waals surface area contributed by atoms with Crippen LogP contribution in [0.4, 0.5) is 11.5 Å². The lowest BCUT2D eigenvalue weighted by Gasteiger charge is -1.96. The molecule has 0 atom stereocenters. The molecule has 5 N–H and O–H groups in total. The Kier molecular flexibility index (Phi) is 4.78. The van der Waals surface area contributed by atoms with Gasteiger partial charge in [0.25, 0.3) is 6.47 Å². The monoisotopic (exact) mass is 233 g/mol. The molecule has 0 spiro atoms. The maximum Gasteiger partial charge on any atom is 0.290 e. The van der Waals surface area contributed by atoms with Gasteiger partial charge in [-0.3, -0.25) is 4.79 Å². The zero-order chi connectivity index (χ0) is 9.56. The van der Waals surface area contributed by atoms with Crippen molar-refractivity contribution >= 4 is 33.9 Å². The number of nitrogen functional groups attached to an aromatic ring is 2. The SMILES string of the molecule is Nc1cc(Br)cnc1N.O=CO. The Bertz CT molecular complexity index is 267. The van der Waals surface area contributed by atoms with Gasteiger partial charge in [-0.2, -0.15) is 0 Å². The summed E-state index contributed by atoms with van der Waals surface area (Å²) >= 11 is 3.20. The van der Waals surface area contributed by atoms with Gasteiger partial charge in [-0.15, -0.1) is 0 Å². The molecule has 0 saturated heterocycles. The molecular formula is C6H8BrN3O2. The lowest BCUT2D eigenvalue weighted by Crippen LogP contribution is -1.96. The van der Waals surface area contributed by atoms with Gasteiger partial charge in [-0.25, -0.2) is 4.98 Å². The lowest BCUT2D eigenvalue weighted by molar-refractivity contribution is -0.122. The van der Waals surface area contributed by atoms with Gasteiger partial charge >= 0.3 is 0 Å². The van der Waals surface area contributed by atoms with E-state index in [1.165, 1.54) is 0 Å². The smallest absolute Gasteiger partial charge is 0.290 e. The number of pyridine rings is 1. The largest absolute Gasteiger partial charge is 0.483 e. The molecule has 0 aliphatic rings. The van der Waals surface area contributed by atoms with E-state index in [1.807, 2.05) is 0 Å². The van der Waals surface area contributed by atoms with Gasteiger partial charge in [-0.05, 0) is 22.0 Å². The molecule has 66 valence electrons. The minimum absolute atomic E-state index is 0.250. The summed E-state index contributed by atoms with van der Waals surface area (Å²) in [5, 5.41) is 6.89. The molecule has 0 bridgehead atoms. The van der Waals surface area contributed by atoms with Crippen molar-refractivity contribution < 1.29 is 9.90 Å². The third-order valence-corrected chi connectivity index (χ3v) is 1.35. The average molecular weight is 234 g/mol. The van der Waals surface area contributed by atoms with Crippen LogP contribution in [0.5, 0.6) is 0 Å². The van der Waals surface area contributed by atoms with E-state index in [0.29, 0.717) is 11.5 Å². The molecule has 0 fully saturated rings. The van der Waals surface area contributed by atoms with Crippen LogP contribution in [0.25, 0.3) is 0 Å². The zero-order valence-corrected chi connectivity index (χ0v) is 7.65. The maximum atomic E-state index is 8.36. The van der Waals surface area contributed by atoms with Crippen molar-refractivity contribution in [2.45, 2.75) is 0 Å². The molecule has 0 aromatic carbocycles. The fraction of sp³-hybridized carbons (Fsp3) is 0. The minimum atomic E-state index is -0.250. The summed E-state index contributed by atoms with van der Waals surface area (Å²) in [7, 11) is 0. The molecule has 0 amide bonds. The summed E-state index contributed by atoms with van der Waals surface area (Å²) in [6.07, 6.45) is 1.60. The van der Waals surface area contributed by atoms with E-state index < -0.39 is 0 Å². The predicted octanol–water partition coefficient (Wildman–Crippen LogP) is 0.709. The third kappa shape index (κ3) is 3.77. The first kappa shape index (κ1) is 10.7. The topological polar surface area (TPSA) is 102 Å². The van der Waals surface area contributed by atoms with Crippen molar-refractivity contribution in [3.05, 3.63) is 16.7 Å². The molecule has 0 aliphatic carbocycles. The molecule has 12 heavy (non-hydrogen) atoms. The second-order valence-electron chi connectivity index (χ2n) is 1.73. The Morgan fingerprint density at radius 2 is 2.08 bits per heavy atom. The van der Waals surface area contributed by atoms with Gasteiger partial charge in [0.05, 0.1) is 5.69 Å². The molecule has 1 rings (SSSR count). The first-order chi connectivity index (χ1) is 5.61. The van der Waals surface area contributed by atoms with Gasteiger partial charge in [0, 0.05) is 10.7 Å². The first-order valence-corrected chi connectivity index (χ1v) is 3.65. The molecule has 1 heterocycles. The van der Waals surface area contributed by atoms with Crippen molar-refractivity contribution in [1.82, 2.24) is 4.98 Å². The van der Waals surface area contributed by atoms with Crippen LogP contribution in [0.2, 0.25) is 0 Å². The van der Waals surface area contributed by atoms with E-state index in [4.69, 9.17) is 21.4 Å². The van der Waals surface area contributed by atoms with Gasteiger partial charge in [0.15, 0.2) is 0 Å². The number of hydrogen-bond donors (Lipinski definition) is 3. The first-order valence-electron chi connectivity index (χ1n) is 2.86. The lowest BCUT2D eigenvalue weighted by atomic mass is 10.4. The maximum absolute atomic E-state index is 8.36. The van der Waals surface area contributed by atoms with Crippen LogP contribution in [0.15, 0.2) is 16.7 Å². The molecule has 0 unspecified atom stereocenters. The van der Waals surface area contributed by atoms with E-state index in [-0.39, 0.29) is 6.47 Å². The fourth-order valence-corrected chi connectivity index (χ4v) is 0.815. The molecule has 0 radical (unpaired) electrons. The summed E-state index contributed by atoms with van der Waals surface area (Å²) < 4.78 is 0.842. The third-order valence-electron chi connectivity index (χ3n) is 0.916. The van der Waals surface area contributed by atoms with Crippen LogP contribution in [0.3, 0.4) is 0 Å². The van der Waals surface area contributed by atoms with E-state index in [0.717, 1.165) is 4.47 Å². The van der Waals surface area contributed by atoms with Crippen molar-refractivity contribution in [2.75, 3.05) is 11.5 Å². The number of anilines is 2. The normalized spacial score (nSPS) is 8.08. The van der Waals surface area contributed by atoms with E-state index in [1.54, 1.807) is 12.3 Å². The molecular weight excluding hydrogens is 226 g/mol. The van der Waals surface area contributed by atoms with Crippen LogP contribution in [-0.4, -0.2) is 16.6 Å². The Hall–Kier alpha value is -1.30. The Morgan fingerprint density at radius 1 is 1.58 bits per heavy atom. The number of carbonyl (C=O) groups is 1. The minimum Gasteiger partial charge on any atom is -0.483 e. The number of rotatable bonds is 0. The predicted molar refractivity (Wildman–Crippen MR) is 49.5 cm³/mol. The van der Waals surface area contributed by atoms with Crippen molar-refractivity contribution in [3.63, 3.8) is 0 Å². The Labute approximate surface area is 77.5 Å². The van der Waals surface area contributed by atoms with E-state index in [2.05, 4.69) is 20.9 Å². The number of carboxylic acid groups (broad SMARTS) is 1. The number of hydrogen-bond acceptors (Lipinski definition) is 4. The summed E-state index contributed by atoms with van der Waals surface area (Å²) in [5.74, 6) is 0.373. The van der Waals surface area contributed by atoms with Crippen LogP contribution < -0.4 is 11.5 Å². The quantitative estimate of drug-likeness (QED) is 0.573. The van der Waals surface area contributed by atoms with Crippen LogP contribution in [0.1, 0.15) is 0 Å². The van der Waals surface area contributed by atoms with E-state index >= 15 is 0 Å². The summed E-state index contributed by atoms with van der Waals surface area (Å²) in [6.45, 7) is -0.250. The molecule has 5 nitrogen and oxygen atoms in total. The van der Waals surface area contributed by atoms with Gasteiger partial charge in [0.2, 0.25) is 0 Å². The highest BCUT2D eigenvalue weighted by atomic mass is 79.9. The van der Waals surface area contributed by atoms with Gasteiger partial charge in [-0.1, -0.05) is 0 Å². The highest BCUT2D eigenvalue weighted by Crippen LogP contribution is 2.16. The second-order valence-corrected chi connectivity index (χ2v) is 2.65. The number of aromatic nitrogens is 1. The van der Waals surface area contributed by atoms with Crippen molar-refractivity contribution in [2.24, 2.45) is 0 Å². The molecule has 0 aliphatic heterocycles. The zero-order valence-electron chi connectivity index (χ0n) is 6.07. The molecule has 0 saturated carbocycles. The van der Waals surface area contributed by atoms with Crippen molar-refractivity contribution in [1.29, 1.82) is 0 Å². The summed E-state index contributed by atoms with van der Waals surface area (Å²) in [4.78, 5) is 12.1. The van der Waals surface area contributed by atoms with Crippen LogP contribution in [-0.2, 0) is 4.79 Å². The average Bonchev–Trinajstić information content (AvgIpc) is 1.99. The summed E-state index contributed by atoms with van der Waals surface area (Å²) in [6, 6.07) is 1.71. The Morgan fingerprint density at radius 3 is 2.42 bits per heavy atom. The highest BCUT2D eigenvalue weighted by Gasteiger charge is 1.93. The van der Waals surface area contributed by atoms with Gasteiger partial charge in [0.1, 0.15) is 5.82 Å². The fourth-order valence-electron chi connectivity index (χ4n) is 0.466. The van der Waals surface area contributed by atoms with Crippen LogP contribution >= 0.6 is 15.9 Å². The Balaban J connectivity index is 0.000000354. The number of nitrogens with two attached hydrogens (primary N) is 2. The number of nitrogens with zero attached hydrogens (tertiary/aromatic N) is 1. The van der Waals surface area contributed by atoms with Crippen molar-refractivity contribution in [3.8, 4) is 0 Å². The molecule has 1 aromatic heterocycles. The van der Waals surface area contributed by atoms with Crippen LogP contribution in [0, 0.1) is 0 Å². The molecule has 6 heteroatoms. The standard InChI is InChI=1S/C5H6BrN3.CH2O2/c6-3-1-4(7)5(8)9-2-3;2-1-3/h1-2H,7H2,(H2,8,9);1H,(H,2,3). The molecule has 1 aromatic rings. The summed E-state index contributed by atoms with van der Waals surface area (Å²) in [5.41, 5.74) is 11.2. The van der Waals surface area contributed by atoms with E-state index in [9.17, 15) is 0 Å². The number of halogens is 1. The second kappa shape index (κ2) is 5.36. The highest BCUT2D eigenvalue weighted by molar-refractivity contribution is 9.10.